The Morgan fingerprint density at radius 2 is 1.88 bits per heavy atom. The maximum atomic E-state index is 14.3. The molecule has 33 heavy (non-hydrogen) atoms. The van der Waals surface area contributed by atoms with Crippen molar-refractivity contribution in [3.63, 3.8) is 0 Å². The van der Waals surface area contributed by atoms with Crippen LogP contribution in [0.3, 0.4) is 0 Å². The van der Waals surface area contributed by atoms with Crippen molar-refractivity contribution in [2.24, 2.45) is 4.99 Å². The summed E-state index contributed by atoms with van der Waals surface area (Å²) in [5.41, 5.74) is 1.72. The molecule has 180 valence electrons. The molecular formula is C25H35FIN5O. The third-order valence-corrected chi connectivity index (χ3v) is 6.21. The zero-order chi connectivity index (χ0) is 22.6. The smallest absolute Gasteiger partial charge is 0.191 e. The minimum Gasteiger partial charge on any atom is -0.372 e. The summed E-state index contributed by atoms with van der Waals surface area (Å²) in [4.78, 5) is 11.7. The largest absolute Gasteiger partial charge is 0.372 e. The van der Waals surface area contributed by atoms with Crippen LogP contribution in [0.1, 0.15) is 44.7 Å². The molecule has 1 aliphatic carbocycles. The molecule has 0 radical (unpaired) electrons. The van der Waals surface area contributed by atoms with Crippen LogP contribution in [-0.4, -0.2) is 49.3 Å². The quantitative estimate of drug-likeness (QED) is 0.298. The molecule has 2 fully saturated rings. The van der Waals surface area contributed by atoms with Crippen LogP contribution in [0.4, 0.5) is 10.2 Å². The molecule has 4 rings (SSSR count). The van der Waals surface area contributed by atoms with Crippen molar-refractivity contribution >= 4 is 35.8 Å². The molecule has 8 heteroatoms. The van der Waals surface area contributed by atoms with Gasteiger partial charge in [0.25, 0.3) is 0 Å². The Hall–Kier alpha value is -1.94. The van der Waals surface area contributed by atoms with Crippen molar-refractivity contribution in [3.8, 4) is 0 Å². The topological polar surface area (TPSA) is 61.8 Å². The van der Waals surface area contributed by atoms with Crippen LogP contribution in [0, 0.1) is 5.82 Å². The molecule has 2 heterocycles. The van der Waals surface area contributed by atoms with Gasteiger partial charge >= 0.3 is 0 Å². The van der Waals surface area contributed by atoms with E-state index in [1.54, 1.807) is 12.1 Å². The number of nitrogens with one attached hydrogen (secondary N) is 2. The number of nitrogens with zero attached hydrogens (tertiary/aromatic N) is 3. The first-order chi connectivity index (χ1) is 15.5. The molecule has 2 aromatic rings. The van der Waals surface area contributed by atoms with E-state index >= 15 is 0 Å². The first-order valence-corrected chi connectivity index (χ1v) is 11.6. The number of ether oxygens (including phenoxy) is 1. The van der Waals surface area contributed by atoms with Gasteiger partial charge in [-0.05, 0) is 56.9 Å². The fraction of sp³-hybridized carbons (Fsp3) is 0.520. The molecule has 2 unspecified atom stereocenters. The Morgan fingerprint density at radius 1 is 1.15 bits per heavy atom. The predicted molar refractivity (Wildman–Crippen MR) is 142 cm³/mol. The van der Waals surface area contributed by atoms with E-state index in [0.717, 1.165) is 55.4 Å². The lowest BCUT2D eigenvalue weighted by Gasteiger charge is -2.36. The van der Waals surface area contributed by atoms with Gasteiger partial charge in [-0.15, -0.1) is 24.0 Å². The van der Waals surface area contributed by atoms with E-state index in [9.17, 15) is 4.39 Å². The van der Waals surface area contributed by atoms with Crippen LogP contribution in [0.15, 0.2) is 47.6 Å². The van der Waals surface area contributed by atoms with Crippen molar-refractivity contribution in [3.05, 3.63) is 59.5 Å². The average Bonchev–Trinajstić information content (AvgIpc) is 3.56. The average molecular weight is 567 g/mol. The Labute approximate surface area is 213 Å². The van der Waals surface area contributed by atoms with Crippen LogP contribution in [0.2, 0.25) is 0 Å². The van der Waals surface area contributed by atoms with Gasteiger partial charge in [-0.3, -0.25) is 0 Å². The summed E-state index contributed by atoms with van der Waals surface area (Å²) >= 11 is 0. The Morgan fingerprint density at radius 3 is 2.48 bits per heavy atom. The monoisotopic (exact) mass is 567 g/mol. The number of halogens is 2. The zero-order valence-electron chi connectivity index (χ0n) is 19.7. The summed E-state index contributed by atoms with van der Waals surface area (Å²) in [5.74, 6) is 1.60. The van der Waals surface area contributed by atoms with Gasteiger partial charge in [-0.2, -0.15) is 0 Å². The molecule has 0 bridgehead atoms. The molecule has 0 spiro atoms. The Balaban J connectivity index is 0.00000306. The number of pyridine rings is 1. The number of hydrogen-bond donors (Lipinski definition) is 2. The van der Waals surface area contributed by atoms with Gasteiger partial charge in [0.05, 0.1) is 18.8 Å². The highest BCUT2D eigenvalue weighted by Crippen LogP contribution is 2.48. The van der Waals surface area contributed by atoms with Crippen molar-refractivity contribution < 1.29 is 9.13 Å². The number of aliphatic imine (C=N–C) groups is 1. The van der Waals surface area contributed by atoms with Gasteiger partial charge in [-0.25, -0.2) is 14.4 Å². The molecule has 1 aromatic heterocycles. The second-order valence-electron chi connectivity index (χ2n) is 9.00. The van der Waals surface area contributed by atoms with Crippen molar-refractivity contribution in [2.45, 2.75) is 57.8 Å². The number of rotatable bonds is 7. The standard InChI is InChI=1S/C25H34FN5O.HI/c1-4-27-24(30-17-25(11-12-25)21-7-5-6-8-22(21)26)29-14-20-9-10-23(28-13-20)31-15-18(2)32-19(3)16-31;/h5-10,13,18-19H,4,11-12,14-17H2,1-3H3,(H2,27,29,30);1H. The van der Waals surface area contributed by atoms with E-state index in [1.807, 2.05) is 25.3 Å². The van der Waals surface area contributed by atoms with Gasteiger partial charge in [-0.1, -0.05) is 24.3 Å². The summed E-state index contributed by atoms with van der Waals surface area (Å²) in [5, 5.41) is 6.72. The lowest BCUT2D eigenvalue weighted by atomic mass is 9.95. The second-order valence-corrected chi connectivity index (χ2v) is 9.00. The van der Waals surface area contributed by atoms with Gasteiger partial charge in [0.1, 0.15) is 11.6 Å². The first-order valence-electron chi connectivity index (χ1n) is 11.6. The van der Waals surface area contributed by atoms with E-state index in [4.69, 9.17) is 9.73 Å². The summed E-state index contributed by atoms with van der Waals surface area (Å²) < 4.78 is 20.1. The van der Waals surface area contributed by atoms with E-state index < -0.39 is 0 Å². The Bertz CT molecular complexity index is 925. The van der Waals surface area contributed by atoms with E-state index in [-0.39, 0.29) is 47.4 Å². The highest BCUT2D eigenvalue weighted by Gasteiger charge is 2.45. The third kappa shape index (κ3) is 6.56. The molecule has 2 aliphatic rings. The number of guanidine groups is 1. The maximum Gasteiger partial charge on any atom is 0.191 e. The molecular weight excluding hydrogens is 532 g/mol. The number of benzene rings is 1. The lowest BCUT2D eigenvalue weighted by molar-refractivity contribution is -0.00545. The second kappa shape index (κ2) is 11.5. The molecule has 2 N–H and O–H groups in total. The third-order valence-electron chi connectivity index (χ3n) is 6.21. The van der Waals surface area contributed by atoms with Crippen LogP contribution in [-0.2, 0) is 16.7 Å². The van der Waals surface area contributed by atoms with E-state index in [0.29, 0.717) is 13.1 Å². The molecule has 1 saturated heterocycles. The fourth-order valence-electron chi connectivity index (χ4n) is 4.41. The number of aromatic nitrogens is 1. The normalized spacial score (nSPS) is 21.8. The highest BCUT2D eigenvalue weighted by atomic mass is 127. The summed E-state index contributed by atoms with van der Waals surface area (Å²) in [7, 11) is 0. The van der Waals surface area contributed by atoms with Crippen molar-refractivity contribution in [2.75, 3.05) is 31.1 Å². The molecule has 2 atom stereocenters. The summed E-state index contributed by atoms with van der Waals surface area (Å²) in [6.45, 7) is 9.92. The molecule has 1 aromatic carbocycles. The highest BCUT2D eigenvalue weighted by molar-refractivity contribution is 14.0. The molecule has 1 saturated carbocycles. The van der Waals surface area contributed by atoms with Crippen LogP contribution in [0.5, 0.6) is 0 Å². The van der Waals surface area contributed by atoms with E-state index in [1.165, 1.54) is 0 Å². The molecule has 0 amide bonds. The zero-order valence-corrected chi connectivity index (χ0v) is 22.0. The van der Waals surface area contributed by atoms with Gasteiger partial charge in [0, 0.05) is 37.8 Å². The van der Waals surface area contributed by atoms with Gasteiger partial charge in [0.15, 0.2) is 5.96 Å². The number of morpholine rings is 1. The minimum atomic E-state index is -0.128. The Kier molecular flexibility index (Phi) is 8.92. The fourth-order valence-corrected chi connectivity index (χ4v) is 4.41. The summed E-state index contributed by atoms with van der Waals surface area (Å²) in [6.07, 6.45) is 4.29. The van der Waals surface area contributed by atoms with Crippen molar-refractivity contribution in [1.82, 2.24) is 15.6 Å². The van der Waals surface area contributed by atoms with Crippen LogP contribution in [0.25, 0.3) is 0 Å². The summed E-state index contributed by atoms with van der Waals surface area (Å²) in [6, 6.07) is 11.2. The minimum absolute atomic E-state index is 0. The lowest BCUT2D eigenvalue weighted by Crippen LogP contribution is -2.45. The van der Waals surface area contributed by atoms with Gasteiger partial charge < -0.3 is 20.3 Å². The van der Waals surface area contributed by atoms with Crippen LogP contribution >= 0.6 is 24.0 Å². The maximum absolute atomic E-state index is 14.3. The SMILES string of the molecule is CCNC(=NCc1ccc(N2CC(C)OC(C)C2)nc1)NCC1(c2ccccc2F)CC1.I. The van der Waals surface area contributed by atoms with E-state index in [2.05, 4.69) is 46.5 Å². The predicted octanol–water partition coefficient (Wildman–Crippen LogP) is 4.24. The molecule has 6 nitrogen and oxygen atoms in total. The molecule has 1 aliphatic heterocycles. The van der Waals surface area contributed by atoms with Crippen molar-refractivity contribution in [1.29, 1.82) is 0 Å². The van der Waals surface area contributed by atoms with Crippen LogP contribution < -0.4 is 15.5 Å². The number of anilines is 1. The first kappa shape index (κ1) is 25.7. The van der Waals surface area contributed by atoms with Gasteiger partial charge in [0.2, 0.25) is 0 Å². The number of hydrogen-bond acceptors (Lipinski definition) is 4.